The van der Waals surface area contributed by atoms with E-state index in [0.29, 0.717) is 31.0 Å². The van der Waals surface area contributed by atoms with Crippen LogP contribution < -0.4 is 10.6 Å². The lowest BCUT2D eigenvalue weighted by Crippen LogP contribution is -2.49. The number of halogens is 1. The second-order valence-electron chi connectivity index (χ2n) is 6.73. The van der Waals surface area contributed by atoms with E-state index in [1.165, 1.54) is 19.5 Å². The van der Waals surface area contributed by atoms with Crippen LogP contribution in [0.2, 0.25) is 5.15 Å². The Morgan fingerprint density at radius 1 is 1.27 bits per heavy atom. The Kier molecular flexibility index (Phi) is 7.09. The molecule has 2 aromatic heterocycles. The molecule has 3 heterocycles. The van der Waals surface area contributed by atoms with Crippen LogP contribution in [0.25, 0.3) is 11.4 Å². The summed E-state index contributed by atoms with van der Waals surface area (Å²) in [5.74, 6) is -0.485. The zero-order valence-corrected chi connectivity index (χ0v) is 17.5. The van der Waals surface area contributed by atoms with Crippen LogP contribution in [0.5, 0.6) is 0 Å². The molecule has 2 atom stereocenters. The monoisotopic (exact) mass is 430 g/mol. The first kappa shape index (κ1) is 21.8. The molecule has 0 spiro atoms. The van der Waals surface area contributed by atoms with Crippen molar-refractivity contribution in [3.63, 3.8) is 0 Å². The van der Waals surface area contributed by atoms with E-state index in [4.69, 9.17) is 16.3 Å². The molecule has 2 amide bonds. The molecule has 0 radical (unpaired) electrons. The van der Waals surface area contributed by atoms with Crippen molar-refractivity contribution in [1.29, 1.82) is 0 Å². The summed E-state index contributed by atoms with van der Waals surface area (Å²) in [6.07, 6.45) is 2.00. The maximum Gasteiger partial charge on any atom is 0.269 e. The molecule has 0 saturated carbocycles. The van der Waals surface area contributed by atoms with E-state index < -0.39 is 6.10 Å². The fraction of sp³-hybridized carbons (Fsp3) is 0.350. The van der Waals surface area contributed by atoms with Gasteiger partial charge in [0.1, 0.15) is 23.3 Å². The Hall–Kier alpha value is -2.88. The molecule has 158 valence electrons. The number of morpholine rings is 1. The predicted octanol–water partition coefficient (Wildman–Crippen LogP) is 1.23. The van der Waals surface area contributed by atoms with Gasteiger partial charge in [-0.25, -0.2) is 15.0 Å². The summed E-state index contributed by atoms with van der Waals surface area (Å²) in [4.78, 5) is 38.3. The van der Waals surface area contributed by atoms with Crippen LogP contribution in [0.3, 0.4) is 0 Å². The number of nitrogens with zero attached hydrogens (tertiary/aromatic N) is 4. The van der Waals surface area contributed by atoms with Crippen molar-refractivity contribution >= 4 is 23.4 Å². The third-order valence-electron chi connectivity index (χ3n) is 4.66. The number of carbonyl (C=O) groups excluding carboxylic acids is 2. The van der Waals surface area contributed by atoms with Gasteiger partial charge in [-0.3, -0.25) is 9.59 Å². The number of amides is 2. The van der Waals surface area contributed by atoms with E-state index in [2.05, 4.69) is 32.2 Å². The minimum Gasteiger partial charge on any atom is -0.365 e. The third-order valence-corrected chi connectivity index (χ3v) is 4.86. The highest BCUT2D eigenvalue weighted by Gasteiger charge is 2.31. The van der Waals surface area contributed by atoms with Crippen molar-refractivity contribution in [2.75, 3.05) is 33.7 Å². The number of likely N-dealkylation sites (N-methyl/N-ethyl adjacent to an activating group) is 1. The number of nitrogens with one attached hydrogen (secondary N) is 2. The second kappa shape index (κ2) is 9.75. The molecule has 3 rings (SSSR count). The van der Waals surface area contributed by atoms with Crippen LogP contribution in [-0.4, -0.2) is 71.5 Å². The Morgan fingerprint density at radius 2 is 2.07 bits per heavy atom. The Bertz CT molecular complexity index is 954. The summed E-state index contributed by atoms with van der Waals surface area (Å²) >= 11 is 6.27. The summed E-state index contributed by atoms with van der Waals surface area (Å²) in [6, 6.07) is 5.04. The minimum atomic E-state index is -0.402. The largest absolute Gasteiger partial charge is 0.365 e. The van der Waals surface area contributed by atoms with Gasteiger partial charge in [0.2, 0.25) is 5.91 Å². The van der Waals surface area contributed by atoms with Crippen LogP contribution in [0, 0.1) is 0 Å². The number of rotatable bonds is 6. The number of aromatic nitrogens is 3. The van der Waals surface area contributed by atoms with Crippen LogP contribution >= 0.6 is 11.6 Å². The molecule has 1 saturated heterocycles. The number of pyridine rings is 1. The van der Waals surface area contributed by atoms with Gasteiger partial charge in [0, 0.05) is 20.1 Å². The van der Waals surface area contributed by atoms with Gasteiger partial charge in [0.05, 0.1) is 24.0 Å². The van der Waals surface area contributed by atoms with Crippen LogP contribution in [0.4, 0.5) is 0 Å². The summed E-state index contributed by atoms with van der Waals surface area (Å²) in [5.41, 5.74) is 1.91. The molecule has 9 nitrogen and oxygen atoms in total. The lowest BCUT2D eigenvalue weighted by molar-refractivity contribution is -0.140. The maximum atomic E-state index is 12.2. The zero-order chi connectivity index (χ0) is 21.7. The van der Waals surface area contributed by atoms with Gasteiger partial charge in [-0.15, -0.1) is 0 Å². The summed E-state index contributed by atoms with van der Waals surface area (Å²) in [6.45, 7) is 4.99. The number of carbonyl (C=O) groups is 2. The summed E-state index contributed by atoms with van der Waals surface area (Å²) in [7, 11) is 3.35. The average molecular weight is 431 g/mol. The van der Waals surface area contributed by atoms with Crippen LogP contribution in [-0.2, 0) is 9.53 Å². The lowest BCUT2D eigenvalue weighted by Gasteiger charge is -2.38. The van der Waals surface area contributed by atoms with Crippen molar-refractivity contribution in [2.24, 2.45) is 0 Å². The Labute approximate surface area is 179 Å². The van der Waals surface area contributed by atoms with Gasteiger partial charge in [-0.2, -0.15) is 0 Å². The molecule has 30 heavy (non-hydrogen) atoms. The predicted molar refractivity (Wildman–Crippen MR) is 112 cm³/mol. The molecule has 1 aliphatic rings. The number of hydrogen-bond donors (Lipinski definition) is 2. The quantitative estimate of drug-likeness (QED) is 0.524. The average Bonchev–Trinajstić information content (AvgIpc) is 2.77. The molecule has 0 unspecified atom stereocenters. The van der Waals surface area contributed by atoms with Gasteiger partial charge >= 0.3 is 0 Å². The molecular weight excluding hydrogens is 408 g/mol. The Morgan fingerprint density at radius 3 is 2.77 bits per heavy atom. The fourth-order valence-corrected chi connectivity index (χ4v) is 3.47. The highest BCUT2D eigenvalue weighted by atomic mass is 35.5. The van der Waals surface area contributed by atoms with Crippen molar-refractivity contribution in [3.05, 3.63) is 53.6 Å². The lowest BCUT2D eigenvalue weighted by atomic mass is 10.0. The van der Waals surface area contributed by atoms with Gasteiger partial charge in [0.15, 0.2) is 0 Å². The molecule has 2 aromatic rings. The minimum absolute atomic E-state index is 0.157. The van der Waals surface area contributed by atoms with Crippen LogP contribution in [0.1, 0.15) is 22.2 Å². The molecule has 2 N–H and O–H groups in total. The molecule has 1 fully saturated rings. The number of hydrogen-bond acceptors (Lipinski definition) is 7. The first-order valence-corrected chi connectivity index (χ1v) is 9.76. The SMILES string of the molecule is C=CC(=O)N1C[C@H](CNC)O[C@@H](c2cc(Cl)nc(-c3cc(C(=O)NC)ncn3)c2)C1. The van der Waals surface area contributed by atoms with Gasteiger partial charge in [0.25, 0.3) is 5.91 Å². The summed E-state index contributed by atoms with van der Waals surface area (Å²) in [5, 5.41) is 5.85. The van der Waals surface area contributed by atoms with E-state index in [9.17, 15) is 9.59 Å². The topological polar surface area (TPSA) is 109 Å². The fourth-order valence-electron chi connectivity index (χ4n) is 3.26. The molecule has 0 aromatic carbocycles. The van der Waals surface area contributed by atoms with Gasteiger partial charge in [-0.1, -0.05) is 18.2 Å². The molecule has 0 aliphatic carbocycles. The highest BCUT2D eigenvalue weighted by molar-refractivity contribution is 6.29. The van der Waals surface area contributed by atoms with Crippen LogP contribution in [0.15, 0.2) is 37.2 Å². The Balaban J connectivity index is 1.95. The van der Waals surface area contributed by atoms with Crippen molar-refractivity contribution in [2.45, 2.75) is 12.2 Å². The first-order chi connectivity index (χ1) is 14.4. The molecule has 0 bridgehead atoms. The second-order valence-corrected chi connectivity index (χ2v) is 7.12. The molecule has 10 heteroatoms. The van der Waals surface area contributed by atoms with E-state index in [1.54, 1.807) is 23.1 Å². The highest BCUT2D eigenvalue weighted by Crippen LogP contribution is 2.29. The molecule has 1 aliphatic heterocycles. The standard InChI is InChI=1S/C20H23ClN6O3/c1-4-19(28)27-9-13(8-22-2)30-17(10-27)12-5-15(26-18(21)6-12)14-7-16(20(29)23-3)25-11-24-14/h4-7,11,13,17,22H,1,8-10H2,2-3H3,(H,23,29)/t13-,17+/m0/s1. The molecular formula is C20H23ClN6O3. The maximum absolute atomic E-state index is 12.2. The van der Waals surface area contributed by atoms with E-state index in [0.717, 1.165) is 5.56 Å². The van der Waals surface area contributed by atoms with E-state index >= 15 is 0 Å². The van der Waals surface area contributed by atoms with E-state index in [-0.39, 0.29) is 28.8 Å². The smallest absolute Gasteiger partial charge is 0.269 e. The summed E-state index contributed by atoms with van der Waals surface area (Å²) < 4.78 is 6.19. The van der Waals surface area contributed by atoms with Crippen molar-refractivity contribution in [1.82, 2.24) is 30.5 Å². The van der Waals surface area contributed by atoms with E-state index in [1.807, 2.05) is 7.05 Å². The number of ether oxygens (including phenoxy) is 1. The van der Waals surface area contributed by atoms with Gasteiger partial charge in [-0.05, 0) is 36.9 Å². The van der Waals surface area contributed by atoms with Gasteiger partial charge < -0.3 is 20.3 Å². The zero-order valence-electron chi connectivity index (χ0n) is 16.8. The first-order valence-electron chi connectivity index (χ1n) is 9.38. The van der Waals surface area contributed by atoms with Crippen molar-refractivity contribution in [3.8, 4) is 11.4 Å². The normalized spacial score (nSPS) is 18.7. The third kappa shape index (κ3) is 4.99. The van der Waals surface area contributed by atoms with Crippen molar-refractivity contribution < 1.29 is 14.3 Å².